The van der Waals surface area contributed by atoms with Gasteiger partial charge in [-0.15, -0.1) is 0 Å². The third-order valence-electron chi connectivity index (χ3n) is 5.08. The van der Waals surface area contributed by atoms with Gasteiger partial charge in [0, 0.05) is 38.4 Å². The minimum absolute atomic E-state index is 0.749. The van der Waals surface area contributed by atoms with Crippen LogP contribution in [-0.2, 0) is 11.3 Å². The Kier molecular flexibility index (Phi) is 7.86. The molecule has 156 valence electrons. The van der Waals surface area contributed by atoms with Crippen LogP contribution in [-0.4, -0.2) is 61.4 Å². The maximum Gasteiger partial charge on any atom is 0.173 e. The average molecular weight is 414 g/mol. The highest BCUT2D eigenvalue weighted by Gasteiger charge is 2.15. The molecule has 1 heterocycles. The van der Waals surface area contributed by atoms with Gasteiger partial charge in [0.25, 0.3) is 0 Å². The second kappa shape index (κ2) is 10.6. The summed E-state index contributed by atoms with van der Waals surface area (Å²) in [5, 5.41) is 4.19. The SMILES string of the molecule is COc1ccc(CN(CCN2CCOCC2)C(=S)Nc2cc(C)cc(C)c2)cc1. The molecule has 1 aliphatic heterocycles. The highest BCUT2D eigenvalue weighted by Crippen LogP contribution is 2.17. The van der Waals surface area contributed by atoms with Crippen molar-refractivity contribution in [1.82, 2.24) is 9.80 Å². The molecule has 0 amide bonds. The van der Waals surface area contributed by atoms with Crippen molar-refractivity contribution >= 4 is 23.0 Å². The Balaban J connectivity index is 1.69. The zero-order chi connectivity index (χ0) is 20.6. The zero-order valence-corrected chi connectivity index (χ0v) is 18.4. The second-order valence-electron chi connectivity index (χ2n) is 7.53. The van der Waals surface area contributed by atoms with Crippen LogP contribution in [0.15, 0.2) is 42.5 Å². The van der Waals surface area contributed by atoms with Crippen molar-refractivity contribution in [2.75, 3.05) is 51.8 Å². The molecule has 0 aliphatic carbocycles. The first-order valence-electron chi connectivity index (χ1n) is 10.1. The predicted octanol–water partition coefficient (Wildman–Crippen LogP) is 3.84. The Morgan fingerprint density at radius 2 is 1.76 bits per heavy atom. The van der Waals surface area contributed by atoms with Crippen LogP contribution in [0.2, 0.25) is 0 Å². The van der Waals surface area contributed by atoms with Gasteiger partial charge in [0.05, 0.1) is 20.3 Å². The van der Waals surface area contributed by atoms with Gasteiger partial charge in [0.2, 0.25) is 0 Å². The summed E-state index contributed by atoms with van der Waals surface area (Å²) in [6, 6.07) is 14.6. The summed E-state index contributed by atoms with van der Waals surface area (Å²) < 4.78 is 10.7. The van der Waals surface area contributed by atoms with Gasteiger partial charge in [-0.3, -0.25) is 4.90 Å². The monoisotopic (exact) mass is 413 g/mol. The molecule has 3 rings (SSSR count). The van der Waals surface area contributed by atoms with E-state index in [-0.39, 0.29) is 0 Å². The smallest absolute Gasteiger partial charge is 0.173 e. The summed E-state index contributed by atoms with van der Waals surface area (Å²) >= 11 is 5.81. The number of benzene rings is 2. The number of nitrogens with zero attached hydrogens (tertiary/aromatic N) is 2. The molecule has 0 saturated carbocycles. The lowest BCUT2D eigenvalue weighted by molar-refractivity contribution is 0.0358. The van der Waals surface area contributed by atoms with E-state index in [2.05, 4.69) is 59.3 Å². The Morgan fingerprint density at radius 1 is 1.10 bits per heavy atom. The molecule has 0 radical (unpaired) electrons. The summed E-state index contributed by atoms with van der Waals surface area (Å²) in [6.45, 7) is 10.4. The minimum Gasteiger partial charge on any atom is -0.497 e. The van der Waals surface area contributed by atoms with Gasteiger partial charge in [-0.1, -0.05) is 18.2 Å². The topological polar surface area (TPSA) is 37.0 Å². The molecule has 0 unspecified atom stereocenters. The molecule has 1 saturated heterocycles. The van der Waals surface area contributed by atoms with Crippen LogP contribution >= 0.6 is 12.2 Å². The van der Waals surface area contributed by atoms with E-state index >= 15 is 0 Å². The molecule has 5 nitrogen and oxygen atoms in total. The van der Waals surface area contributed by atoms with Crippen molar-refractivity contribution in [3.05, 3.63) is 59.2 Å². The minimum atomic E-state index is 0.749. The first-order valence-corrected chi connectivity index (χ1v) is 10.5. The normalized spacial score (nSPS) is 14.4. The van der Waals surface area contributed by atoms with E-state index in [9.17, 15) is 0 Å². The van der Waals surface area contributed by atoms with Crippen molar-refractivity contribution in [3.8, 4) is 5.75 Å². The molecule has 1 fully saturated rings. The fraction of sp³-hybridized carbons (Fsp3) is 0.435. The van der Waals surface area contributed by atoms with E-state index < -0.39 is 0 Å². The van der Waals surface area contributed by atoms with Crippen molar-refractivity contribution in [3.63, 3.8) is 0 Å². The number of hydrogen-bond donors (Lipinski definition) is 1. The Morgan fingerprint density at radius 3 is 2.38 bits per heavy atom. The van der Waals surface area contributed by atoms with Crippen LogP contribution in [0.1, 0.15) is 16.7 Å². The lowest BCUT2D eigenvalue weighted by atomic mass is 10.1. The van der Waals surface area contributed by atoms with E-state index in [0.717, 1.165) is 62.5 Å². The van der Waals surface area contributed by atoms with Gasteiger partial charge in [0.15, 0.2) is 5.11 Å². The van der Waals surface area contributed by atoms with Gasteiger partial charge < -0.3 is 19.7 Å². The molecule has 0 atom stereocenters. The highest BCUT2D eigenvalue weighted by molar-refractivity contribution is 7.80. The van der Waals surface area contributed by atoms with Crippen molar-refractivity contribution in [1.29, 1.82) is 0 Å². The molecule has 0 bridgehead atoms. The zero-order valence-electron chi connectivity index (χ0n) is 17.6. The largest absolute Gasteiger partial charge is 0.497 e. The Bertz CT molecular complexity index is 784. The van der Waals surface area contributed by atoms with Gasteiger partial charge in [0.1, 0.15) is 5.75 Å². The standard InChI is InChI=1S/C23H31N3O2S/c1-18-14-19(2)16-21(15-18)24-23(29)26(9-8-25-10-12-28-13-11-25)17-20-4-6-22(27-3)7-5-20/h4-7,14-16H,8-13,17H2,1-3H3,(H,24,29). The molecule has 1 aliphatic rings. The Labute approximate surface area is 179 Å². The molecule has 2 aromatic rings. The van der Waals surface area contributed by atoms with Crippen molar-refractivity contribution in [2.45, 2.75) is 20.4 Å². The van der Waals surface area contributed by atoms with Crippen LogP contribution in [0.3, 0.4) is 0 Å². The number of hydrogen-bond acceptors (Lipinski definition) is 4. The number of morpholine rings is 1. The van der Waals surface area contributed by atoms with Gasteiger partial charge in [-0.05, 0) is 67.0 Å². The number of nitrogens with one attached hydrogen (secondary N) is 1. The number of thiocarbonyl (C=S) groups is 1. The molecule has 0 spiro atoms. The van der Waals surface area contributed by atoms with E-state index in [4.69, 9.17) is 21.7 Å². The number of rotatable bonds is 7. The van der Waals surface area contributed by atoms with Crippen LogP contribution in [0, 0.1) is 13.8 Å². The first-order chi connectivity index (χ1) is 14.0. The summed E-state index contributed by atoms with van der Waals surface area (Å²) in [4.78, 5) is 4.67. The average Bonchev–Trinajstić information content (AvgIpc) is 2.71. The second-order valence-corrected chi connectivity index (χ2v) is 7.92. The van der Waals surface area contributed by atoms with Gasteiger partial charge >= 0.3 is 0 Å². The van der Waals surface area contributed by atoms with Crippen LogP contribution < -0.4 is 10.1 Å². The fourth-order valence-corrected chi connectivity index (χ4v) is 3.81. The molecule has 2 aromatic carbocycles. The first kappa shape index (κ1) is 21.6. The molecular formula is C23H31N3O2S. The van der Waals surface area contributed by atoms with Gasteiger partial charge in [-0.2, -0.15) is 0 Å². The molecule has 1 N–H and O–H groups in total. The van der Waals surface area contributed by atoms with E-state index in [1.807, 2.05) is 12.1 Å². The van der Waals surface area contributed by atoms with Gasteiger partial charge in [-0.25, -0.2) is 0 Å². The number of ether oxygens (including phenoxy) is 2. The molecule has 0 aromatic heterocycles. The van der Waals surface area contributed by atoms with E-state index in [1.54, 1.807) is 7.11 Å². The maximum absolute atomic E-state index is 5.81. The van der Waals surface area contributed by atoms with Crippen LogP contribution in [0.25, 0.3) is 0 Å². The summed E-state index contributed by atoms with van der Waals surface area (Å²) in [7, 11) is 1.69. The maximum atomic E-state index is 5.81. The number of anilines is 1. The van der Waals surface area contributed by atoms with Crippen LogP contribution in [0.5, 0.6) is 5.75 Å². The molecular weight excluding hydrogens is 382 g/mol. The molecule has 29 heavy (non-hydrogen) atoms. The summed E-state index contributed by atoms with van der Waals surface area (Å²) in [6.07, 6.45) is 0. The predicted molar refractivity (Wildman–Crippen MR) is 123 cm³/mol. The number of methoxy groups -OCH3 is 1. The Hall–Kier alpha value is -2.15. The quantitative estimate of drug-likeness (QED) is 0.695. The molecule has 6 heteroatoms. The van der Waals surface area contributed by atoms with Crippen molar-refractivity contribution in [2.24, 2.45) is 0 Å². The summed E-state index contributed by atoms with van der Waals surface area (Å²) in [5.74, 6) is 0.865. The third-order valence-corrected chi connectivity index (χ3v) is 5.44. The highest BCUT2D eigenvalue weighted by atomic mass is 32.1. The lowest BCUT2D eigenvalue weighted by Crippen LogP contribution is -2.44. The number of aryl methyl sites for hydroxylation is 2. The van der Waals surface area contributed by atoms with E-state index in [1.165, 1.54) is 16.7 Å². The van der Waals surface area contributed by atoms with Crippen LogP contribution in [0.4, 0.5) is 5.69 Å². The fourth-order valence-electron chi connectivity index (χ4n) is 3.54. The van der Waals surface area contributed by atoms with E-state index in [0.29, 0.717) is 0 Å². The van der Waals surface area contributed by atoms with Crippen molar-refractivity contribution < 1.29 is 9.47 Å². The third kappa shape index (κ3) is 6.70. The summed E-state index contributed by atoms with van der Waals surface area (Å²) in [5.41, 5.74) is 4.70. The lowest BCUT2D eigenvalue weighted by Gasteiger charge is -2.31.